The van der Waals surface area contributed by atoms with Gasteiger partial charge in [0.25, 0.3) is 0 Å². The number of carboxylic acid groups (broad SMARTS) is 1. The maximum absolute atomic E-state index is 10.6. The number of thiophene rings is 1. The highest BCUT2D eigenvalue weighted by atomic mass is 32.1. The second-order valence-corrected chi connectivity index (χ2v) is 3.91. The van der Waals surface area contributed by atoms with E-state index in [9.17, 15) is 4.79 Å². The molecule has 0 fully saturated rings. The molecule has 0 amide bonds. The third kappa shape index (κ3) is 4.31. The summed E-state index contributed by atoms with van der Waals surface area (Å²) in [6, 6.07) is 1.54. The Morgan fingerprint density at radius 3 is 2.80 bits per heavy atom. The highest BCUT2D eigenvalue weighted by Gasteiger charge is 2.06. The lowest BCUT2D eigenvalue weighted by atomic mass is 10.3. The van der Waals surface area contributed by atoms with Gasteiger partial charge in [-0.05, 0) is 12.8 Å². The highest BCUT2D eigenvalue weighted by molar-refractivity contribution is 7.12. The van der Waals surface area contributed by atoms with Gasteiger partial charge < -0.3 is 14.6 Å². The normalized spacial score (nSPS) is 10.2. The summed E-state index contributed by atoms with van der Waals surface area (Å²) in [6.07, 6.45) is 1.86. The van der Waals surface area contributed by atoms with Crippen LogP contribution in [0.5, 0.6) is 5.75 Å². The van der Waals surface area contributed by atoms with Crippen LogP contribution in [0.15, 0.2) is 11.4 Å². The fourth-order valence-corrected chi connectivity index (χ4v) is 1.71. The molecule has 1 N–H and O–H groups in total. The van der Waals surface area contributed by atoms with E-state index in [0.29, 0.717) is 17.2 Å². The molecule has 0 saturated carbocycles. The number of carboxylic acids is 1. The van der Waals surface area contributed by atoms with Gasteiger partial charge in [-0.25, -0.2) is 4.79 Å². The molecule has 15 heavy (non-hydrogen) atoms. The van der Waals surface area contributed by atoms with Gasteiger partial charge in [-0.3, -0.25) is 0 Å². The molecule has 0 radical (unpaired) electrons. The summed E-state index contributed by atoms with van der Waals surface area (Å²) in [5.41, 5.74) is 0. The molecule has 0 saturated heterocycles. The van der Waals surface area contributed by atoms with Crippen LogP contribution in [-0.2, 0) is 4.74 Å². The first-order valence-corrected chi connectivity index (χ1v) is 5.55. The second-order valence-electron chi connectivity index (χ2n) is 3.00. The predicted molar refractivity (Wildman–Crippen MR) is 57.9 cm³/mol. The van der Waals surface area contributed by atoms with Crippen LogP contribution in [0.2, 0.25) is 0 Å². The molecule has 0 bridgehead atoms. The summed E-state index contributed by atoms with van der Waals surface area (Å²) in [5.74, 6) is -0.274. The zero-order chi connectivity index (χ0) is 11.1. The van der Waals surface area contributed by atoms with Gasteiger partial charge in [0.2, 0.25) is 0 Å². The number of carbonyl (C=O) groups is 1. The lowest BCUT2D eigenvalue weighted by molar-refractivity contribution is 0.0702. The summed E-state index contributed by atoms with van der Waals surface area (Å²) < 4.78 is 10.3. The number of rotatable bonds is 7. The fraction of sp³-hybridized carbons (Fsp3) is 0.500. The van der Waals surface area contributed by atoms with E-state index in [4.69, 9.17) is 14.6 Å². The molecule has 0 aliphatic rings. The molecule has 0 aliphatic carbocycles. The molecule has 4 nitrogen and oxygen atoms in total. The number of unbranched alkanes of at least 4 members (excludes halogenated alkanes) is 1. The number of methoxy groups -OCH3 is 1. The summed E-state index contributed by atoms with van der Waals surface area (Å²) in [7, 11) is 1.67. The van der Waals surface area contributed by atoms with Crippen LogP contribution in [0.3, 0.4) is 0 Å². The maximum atomic E-state index is 10.6. The zero-order valence-corrected chi connectivity index (χ0v) is 9.38. The minimum Gasteiger partial charge on any atom is -0.493 e. The molecule has 5 heteroatoms. The van der Waals surface area contributed by atoms with Gasteiger partial charge in [-0.1, -0.05) is 0 Å². The van der Waals surface area contributed by atoms with E-state index in [1.54, 1.807) is 18.6 Å². The van der Waals surface area contributed by atoms with Crippen LogP contribution in [0.25, 0.3) is 0 Å². The molecule has 1 rings (SSSR count). The Morgan fingerprint density at radius 2 is 2.20 bits per heavy atom. The first-order valence-electron chi connectivity index (χ1n) is 4.67. The van der Waals surface area contributed by atoms with Crippen LogP contribution in [0.1, 0.15) is 22.5 Å². The van der Waals surface area contributed by atoms with Gasteiger partial charge in [0.15, 0.2) is 0 Å². The molecule has 0 unspecified atom stereocenters. The molecule has 0 aromatic carbocycles. The van der Waals surface area contributed by atoms with Crippen LogP contribution >= 0.6 is 11.3 Å². The number of hydrogen-bond donors (Lipinski definition) is 1. The first kappa shape index (κ1) is 12.0. The highest BCUT2D eigenvalue weighted by Crippen LogP contribution is 2.21. The third-order valence-corrected chi connectivity index (χ3v) is 2.69. The Morgan fingerprint density at radius 1 is 1.47 bits per heavy atom. The molecule has 0 spiro atoms. The topological polar surface area (TPSA) is 55.8 Å². The average molecular weight is 230 g/mol. The van der Waals surface area contributed by atoms with Gasteiger partial charge in [-0.2, -0.15) is 0 Å². The average Bonchev–Trinajstić information content (AvgIpc) is 2.66. The minimum atomic E-state index is -0.908. The van der Waals surface area contributed by atoms with E-state index in [2.05, 4.69) is 0 Å². The monoisotopic (exact) mass is 230 g/mol. The first-order chi connectivity index (χ1) is 7.24. The van der Waals surface area contributed by atoms with Crippen LogP contribution in [0, 0.1) is 0 Å². The number of ether oxygens (including phenoxy) is 2. The zero-order valence-electron chi connectivity index (χ0n) is 8.56. The molecule has 84 valence electrons. The van der Waals surface area contributed by atoms with E-state index in [1.807, 2.05) is 0 Å². The van der Waals surface area contributed by atoms with Crippen molar-refractivity contribution < 1.29 is 19.4 Å². The Hall–Kier alpha value is -1.07. The third-order valence-electron chi connectivity index (χ3n) is 1.80. The molecule has 1 heterocycles. The quantitative estimate of drug-likeness (QED) is 0.730. The molecule has 1 aromatic rings. The van der Waals surface area contributed by atoms with Crippen molar-refractivity contribution in [2.75, 3.05) is 20.3 Å². The fourth-order valence-electron chi connectivity index (χ4n) is 1.05. The van der Waals surface area contributed by atoms with E-state index >= 15 is 0 Å². The van der Waals surface area contributed by atoms with Crippen molar-refractivity contribution in [3.8, 4) is 5.75 Å². The van der Waals surface area contributed by atoms with Crippen molar-refractivity contribution in [1.29, 1.82) is 0 Å². The second kappa shape index (κ2) is 6.42. The standard InChI is InChI=1S/C10H14O4S/c1-13-4-2-3-5-14-8-6-9(10(11)12)15-7-8/h6-7H,2-5H2,1H3,(H,11,12). The van der Waals surface area contributed by atoms with Gasteiger partial charge in [0.05, 0.1) is 6.61 Å². The molecular weight excluding hydrogens is 216 g/mol. The number of hydrogen-bond acceptors (Lipinski definition) is 4. The molecule has 1 aromatic heterocycles. The van der Waals surface area contributed by atoms with Crippen molar-refractivity contribution >= 4 is 17.3 Å². The van der Waals surface area contributed by atoms with Crippen molar-refractivity contribution in [3.63, 3.8) is 0 Å². The molecular formula is C10H14O4S. The lowest BCUT2D eigenvalue weighted by Crippen LogP contribution is -1.99. The van der Waals surface area contributed by atoms with Crippen molar-refractivity contribution in [2.45, 2.75) is 12.8 Å². The van der Waals surface area contributed by atoms with E-state index < -0.39 is 5.97 Å². The van der Waals surface area contributed by atoms with Crippen molar-refractivity contribution in [3.05, 3.63) is 16.3 Å². The lowest BCUT2D eigenvalue weighted by Gasteiger charge is -2.02. The van der Waals surface area contributed by atoms with Crippen LogP contribution < -0.4 is 4.74 Å². The van der Waals surface area contributed by atoms with Crippen molar-refractivity contribution in [2.24, 2.45) is 0 Å². The molecule has 0 atom stereocenters. The van der Waals surface area contributed by atoms with Crippen LogP contribution in [-0.4, -0.2) is 31.4 Å². The van der Waals surface area contributed by atoms with Gasteiger partial charge in [0, 0.05) is 25.2 Å². The Kier molecular flexibility index (Phi) is 5.14. The van der Waals surface area contributed by atoms with E-state index in [-0.39, 0.29) is 0 Å². The SMILES string of the molecule is COCCCCOc1csc(C(=O)O)c1. The molecule has 0 aliphatic heterocycles. The minimum absolute atomic E-state index is 0.307. The largest absolute Gasteiger partial charge is 0.493 e. The van der Waals surface area contributed by atoms with Gasteiger partial charge in [0.1, 0.15) is 10.6 Å². The van der Waals surface area contributed by atoms with Crippen LogP contribution in [0.4, 0.5) is 0 Å². The van der Waals surface area contributed by atoms with E-state index in [0.717, 1.165) is 19.4 Å². The van der Waals surface area contributed by atoms with Gasteiger partial charge in [-0.15, -0.1) is 11.3 Å². The smallest absolute Gasteiger partial charge is 0.346 e. The number of aromatic carboxylic acids is 1. The Bertz CT molecular complexity index is 308. The Balaban J connectivity index is 2.23. The van der Waals surface area contributed by atoms with E-state index in [1.165, 1.54) is 11.3 Å². The predicted octanol–water partition coefficient (Wildman–Crippen LogP) is 2.25. The Labute approximate surface area is 92.4 Å². The maximum Gasteiger partial charge on any atom is 0.346 e. The summed E-state index contributed by atoms with van der Waals surface area (Å²) in [4.78, 5) is 10.9. The summed E-state index contributed by atoms with van der Waals surface area (Å²) in [5, 5.41) is 10.4. The summed E-state index contributed by atoms with van der Waals surface area (Å²) >= 11 is 1.18. The van der Waals surface area contributed by atoms with Gasteiger partial charge >= 0.3 is 5.97 Å². The van der Waals surface area contributed by atoms with Crippen molar-refractivity contribution in [1.82, 2.24) is 0 Å². The summed E-state index contributed by atoms with van der Waals surface area (Å²) in [6.45, 7) is 1.33.